The second-order valence-corrected chi connectivity index (χ2v) is 6.00. The van der Waals surface area contributed by atoms with E-state index >= 15 is 0 Å². The van der Waals surface area contributed by atoms with E-state index in [1.165, 1.54) is 4.90 Å². The van der Waals surface area contributed by atoms with Crippen LogP contribution in [0.15, 0.2) is 53.0 Å². The Labute approximate surface area is 142 Å². The van der Waals surface area contributed by atoms with Crippen molar-refractivity contribution in [2.45, 2.75) is 12.5 Å². The van der Waals surface area contributed by atoms with Gasteiger partial charge in [-0.25, -0.2) is 4.90 Å². The van der Waals surface area contributed by atoms with E-state index in [1.807, 2.05) is 24.3 Å². The Hall–Kier alpha value is -2.34. The average Bonchev–Trinajstić information content (AvgIpc) is 2.84. The van der Waals surface area contributed by atoms with Gasteiger partial charge < -0.3 is 10.1 Å². The van der Waals surface area contributed by atoms with Crippen LogP contribution in [0.1, 0.15) is 6.42 Å². The molecule has 0 spiro atoms. The molecule has 1 heterocycles. The van der Waals surface area contributed by atoms with Gasteiger partial charge in [0.1, 0.15) is 11.8 Å². The lowest BCUT2D eigenvalue weighted by atomic mass is 10.2. The Balaban J connectivity index is 1.80. The summed E-state index contributed by atoms with van der Waals surface area (Å²) in [5.41, 5.74) is 1.34. The summed E-state index contributed by atoms with van der Waals surface area (Å²) in [7, 11) is 1.57. The molecule has 1 unspecified atom stereocenters. The zero-order valence-electron chi connectivity index (χ0n) is 12.5. The van der Waals surface area contributed by atoms with Crippen LogP contribution in [0.3, 0.4) is 0 Å². The summed E-state index contributed by atoms with van der Waals surface area (Å²) in [6, 6.07) is 13.8. The van der Waals surface area contributed by atoms with Crippen molar-refractivity contribution in [2.75, 3.05) is 17.3 Å². The molecule has 1 fully saturated rings. The second-order valence-electron chi connectivity index (χ2n) is 5.15. The highest BCUT2D eigenvalue weighted by Crippen LogP contribution is 2.28. The van der Waals surface area contributed by atoms with Crippen LogP contribution in [0.25, 0.3) is 0 Å². The Bertz CT molecular complexity index is 746. The number of rotatable bonds is 4. The van der Waals surface area contributed by atoms with Crippen LogP contribution in [0, 0.1) is 0 Å². The van der Waals surface area contributed by atoms with Crippen LogP contribution < -0.4 is 15.0 Å². The van der Waals surface area contributed by atoms with Crippen molar-refractivity contribution >= 4 is 39.1 Å². The molecule has 0 saturated carbocycles. The number of para-hydroxylation sites is 1. The van der Waals surface area contributed by atoms with Crippen LogP contribution in [0.5, 0.6) is 5.75 Å². The number of hydrogen-bond donors (Lipinski definition) is 1. The van der Waals surface area contributed by atoms with Crippen molar-refractivity contribution in [2.24, 2.45) is 0 Å². The molecular formula is C17H15BrN2O3. The van der Waals surface area contributed by atoms with Crippen LogP contribution in [0.2, 0.25) is 0 Å². The number of anilines is 2. The second kappa shape index (κ2) is 6.42. The van der Waals surface area contributed by atoms with Gasteiger partial charge in [-0.1, -0.05) is 12.1 Å². The highest BCUT2D eigenvalue weighted by atomic mass is 79.9. The zero-order valence-corrected chi connectivity index (χ0v) is 14.0. The molecule has 1 N–H and O–H groups in total. The fourth-order valence-electron chi connectivity index (χ4n) is 2.51. The van der Waals surface area contributed by atoms with Crippen LogP contribution >= 0.6 is 15.9 Å². The maximum Gasteiger partial charge on any atom is 0.256 e. The van der Waals surface area contributed by atoms with Gasteiger partial charge >= 0.3 is 0 Å². The molecular weight excluding hydrogens is 360 g/mol. The molecule has 0 bridgehead atoms. The van der Waals surface area contributed by atoms with Gasteiger partial charge in [0.25, 0.3) is 5.91 Å². The van der Waals surface area contributed by atoms with Gasteiger partial charge in [-0.2, -0.15) is 0 Å². The normalized spacial score (nSPS) is 17.5. The molecule has 6 heteroatoms. The fraction of sp³-hybridized carbons (Fsp3) is 0.176. The van der Waals surface area contributed by atoms with Crippen molar-refractivity contribution in [3.63, 3.8) is 0 Å². The largest absolute Gasteiger partial charge is 0.497 e. The zero-order chi connectivity index (χ0) is 16.4. The van der Waals surface area contributed by atoms with Crippen LogP contribution in [-0.4, -0.2) is 25.0 Å². The van der Waals surface area contributed by atoms with Crippen molar-refractivity contribution in [1.82, 2.24) is 0 Å². The van der Waals surface area contributed by atoms with E-state index in [2.05, 4.69) is 21.2 Å². The summed E-state index contributed by atoms with van der Waals surface area (Å²) in [5, 5.41) is 3.13. The number of benzene rings is 2. The SMILES string of the molecule is COc1ccc(N2C(=O)CC(Nc3ccccc3Br)C2=O)cc1. The molecule has 3 rings (SSSR count). The summed E-state index contributed by atoms with van der Waals surface area (Å²) in [6.45, 7) is 0. The van der Waals surface area contributed by atoms with Gasteiger partial charge in [0, 0.05) is 10.2 Å². The lowest BCUT2D eigenvalue weighted by Crippen LogP contribution is -2.34. The maximum atomic E-state index is 12.6. The number of methoxy groups -OCH3 is 1. The molecule has 23 heavy (non-hydrogen) atoms. The van der Waals surface area contributed by atoms with E-state index in [9.17, 15) is 9.59 Å². The van der Waals surface area contributed by atoms with E-state index in [-0.39, 0.29) is 18.2 Å². The predicted octanol–water partition coefficient (Wildman–Crippen LogP) is 3.20. The Morgan fingerprint density at radius 3 is 2.48 bits per heavy atom. The first-order chi connectivity index (χ1) is 11.1. The van der Waals surface area contributed by atoms with Crippen molar-refractivity contribution in [3.8, 4) is 5.75 Å². The molecule has 0 radical (unpaired) electrons. The number of carbonyl (C=O) groups is 2. The molecule has 0 aliphatic carbocycles. The average molecular weight is 375 g/mol. The number of hydrogen-bond acceptors (Lipinski definition) is 4. The molecule has 1 aliphatic rings. The van der Waals surface area contributed by atoms with Crippen molar-refractivity contribution < 1.29 is 14.3 Å². The summed E-state index contributed by atoms with van der Waals surface area (Å²) >= 11 is 3.43. The first-order valence-electron chi connectivity index (χ1n) is 7.12. The standard InChI is InChI=1S/C17H15BrN2O3/c1-23-12-8-6-11(7-9-12)20-16(21)10-15(17(20)22)19-14-5-3-2-4-13(14)18/h2-9,15,19H,10H2,1H3. The third kappa shape index (κ3) is 3.07. The number of amides is 2. The van der Waals surface area contributed by atoms with Gasteiger partial charge in [0.2, 0.25) is 5.91 Å². The highest BCUT2D eigenvalue weighted by Gasteiger charge is 2.39. The summed E-state index contributed by atoms with van der Waals surface area (Å²) < 4.78 is 5.94. The Morgan fingerprint density at radius 1 is 1.13 bits per heavy atom. The van der Waals surface area contributed by atoms with Crippen molar-refractivity contribution in [1.29, 1.82) is 0 Å². The molecule has 1 atom stereocenters. The summed E-state index contributed by atoms with van der Waals surface area (Å²) in [4.78, 5) is 26.0. The number of imide groups is 1. The topological polar surface area (TPSA) is 58.6 Å². The lowest BCUT2D eigenvalue weighted by molar-refractivity contribution is -0.121. The predicted molar refractivity (Wildman–Crippen MR) is 91.7 cm³/mol. The lowest BCUT2D eigenvalue weighted by Gasteiger charge is -2.17. The van der Waals surface area contributed by atoms with E-state index < -0.39 is 6.04 Å². The van der Waals surface area contributed by atoms with E-state index in [0.29, 0.717) is 11.4 Å². The van der Waals surface area contributed by atoms with Gasteiger partial charge in [-0.3, -0.25) is 9.59 Å². The van der Waals surface area contributed by atoms with E-state index in [4.69, 9.17) is 4.74 Å². The minimum Gasteiger partial charge on any atom is -0.497 e. The third-order valence-corrected chi connectivity index (χ3v) is 4.37. The van der Waals surface area contributed by atoms with Crippen LogP contribution in [0.4, 0.5) is 11.4 Å². The molecule has 1 aliphatic heterocycles. The van der Waals surface area contributed by atoms with Gasteiger partial charge in [-0.05, 0) is 52.3 Å². The fourth-order valence-corrected chi connectivity index (χ4v) is 2.91. The third-order valence-electron chi connectivity index (χ3n) is 3.68. The molecule has 118 valence electrons. The maximum absolute atomic E-state index is 12.6. The minimum absolute atomic E-state index is 0.131. The first-order valence-corrected chi connectivity index (χ1v) is 7.91. The number of ether oxygens (including phenoxy) is 1. The van der Waals surface area contributed by atoms with E-state index in [0.717, 1.165) is 10.2 Å². The number of nitrogens with zero attached hydrogens (tertiary/aromatic N) is 1. The molecule has 2 aromatic rings. The summed E-state index contributed by atoms with van der Waals surface area (Å²) in [6.07, 6.45) is 0.131. The molecule has 2 amide bonds. The van der Waals surface area contributed by atoms with Gasteiger partial charge in [0.15, 0.2) is 0 Å². The smallest absolute Gasteiger partial charge is 0.256 e. The van der Waals surface area contributed by atoms with Gasteiger partial charge in [0.05, 0.1) is 19.2 Å². The van der Waals surface area contributed by atoms with Crippen LogP contribution in [-0.2, 0) is 9.59 Å². The van der Waals surface area contributed by atoms with Gasteiger partial charge in [-0.15, -0.1) is 0 Å². The molecule has 2 aromatic carbocycles. The van der Waals surface area contributed by atoms with E-state index in [1.54, 1.807) is 31.4 Å². The summed E-state index contributed by atoms with van der Waals surface area (Å²) in [5.74, 6) is 0.205. The number of carbonyl (C=O) groups excluding carboxylic acids is 2. The number of nitrogens with one attached hydrogen (secondary N) is 1. The Kier molecular flexibility index (Phi) is 4.34. The molecule has 5 nitrogen and oxygen atoms in total. The number of halogens is 1. The minimum atomic E-state index is -0.566. The Morgan fingerprint density at radius 2 is 1.83 bits per heavy atom. The molecule has 1 saturated heterocycles. The quantitative estimate of drug-likeness (QED) is 0.834. The highest BCUT2D eigenvalue weighted by molar-refractivity contribution is 9.10. The van der Waals surface area contributed by atoms with Crippen molar-refractivity contribution in [3.05, 3.63) is 53.0 Å². The monoisotopic (exact) mass is 374 g/mol. The molecule has 0 aromatic heterocycles. The first kappa shape index (κ1) is 15.6.